The Morgan fingerprint density at radius 1 is 1.00 bits per heavy atom. The van der Waals surface area contributed by atoms with Crippen LogP contribution in [0.3, 0.4) is 0 Å². The molecule has 1 aromatic rings. The summed E-state index contributed by atoms with van der Waals surface area (Å²) < 4.78 is 0. The van der Waals surface area contributed by atoms with E-state index in [1.807, 2.05) is 0 Å². The van der Waals surface area contributed by atoms with Crippen molar-refractivity contribution in [2.75, 3.05) is 0 Å². The van der Waals surface area contributed by atoms with Crippen LogP contribution in [0.5, 0.6) is 5.75 Å². The van der Waals surface area contributed by atoms with Crippen molar-refractivity contribution >= 4 is 11.9 Å². The van der Waals surface area contributed by atoms with E-state index in [1.54, 1.807) is 12.1 Å². The molecule has 0 amide bonds. The molecule has 0 aromatic heterocycles. The van der Waals surface area contributed by atoms with Gasteiger partial charge >= 0.3 is 11.9 Å². The number of rotatable bonds is 6. The third kappa shape index (κ3) is 4.55. The fourth-order valence-corrected chi connectivity index (χ4v) is 1.49. The van der Waals surface area contributed by atoms with Crippen molar-refractivity contribution in [3.05, 3.63) is 29.3 Å². The molecule has 5 heteroatoms. The number of benzene rings is 1. The fourth-order valence-electron chi connectivity index (χ4n) is 1.49. The van der Waals surface area contributed by atoms with Crippen molar-refractivity contribution in [2.24, 2.45) is 0 Å². The van der Waals surface area contributed by atoms with Gasteiger partial charge in [0.25, 0.3) is 0 Å². The molecule has 3 N–H and O–H groups in total. The number of carboxylic acid groups (broad SMARTS) is 2. The highest BCUT2D eigenvalue weighted by Crippen LogP contribution is 2.20. The lowest BCUT2D eigenvalue weighted by atomic mass is 10.0. The summed E-state index contributed by atoms with van der Waals surface area (Å²) in [4.78, 5) is 20.8. The minimum atomic E-state index is -0.930. The Hall–Kier alpha value is -2.04. The van der Waals surface area contributed by atoms with E-state index < -0.39 is 11.9 Å². The predicted molar refractivity (Wildman–Crippen MR) is 60.0 cm³/mol. The van der Waals surface area contributed by atoms with Gasteiger partial charge in [0.05, 0.1) is 0 Å². The maximum Gasteiger partial charge on any atom is 0.303 e. The van der Waals surface area contributed by atoms with E-state index in [9.17, 15) is 14.7 Å². The minimum absolute atomic E-state index is 0.0170. The number of phenolic OH excluding ortho intramolecular Hbond substituents is 1. The van der Waals surface area contributed by atoms with Crippen LogP contribution < -0.4 is 0 Å². The molecule has 1 aromatic carbocycles. The van der Waals surface area contributed by atoms with E-state index in [-0.39, 0.29) is 25.0 Å². The first kappa shape index (κ1) is 13.0. The van der Waals surface area contributed by atoms with Gasteiger partial charge in [-0.15, -0.1) is 0 Å². The number of aromatic hydroxyl groups is 1. The molecule has 17 heavy (non-hydrogen) atoms. The number of aryl methyl sites for hydroxylation is 2. The van der Waals surface area contributed by atoms with Crippen molar-refractivity contribution in [1.29, 1.82) is 0 Å². The third-order valence-corrected chi connectivity index (χ3v) is 2.38. The lowest BCUT2D eigenvalue weighted by Crippen LogP contribution is -2.00. The maximum absolute atomic E-state index is 10.4. The molecule has 0 heterocycles. The summed E-state index contributed by atoms with van der Waals surface area (Å²) in [6, 6.07) is 4.76. The van der Waals surface area contributed by atoms with Crippen molar-refractivity contribution in [2.45, 2.75) is 25.7 Å². The van der Waals surface area contributed by atoms with Gasteiger partial charge in [-0.1, -0.05) is 12.1 Å². The first-order valence-electron chi connectivity index (χ1n) is 5.23. The number of hydrogen-bond acceptors (Lipinski definition) is 3. The quantitative estimate of drug-likeness (QED) is 0.696. The number of phenols is 1. The Morgan fingerprint density at radius 3 is 2.18 bits per heavy atom. The van der Waals surface area contributed by atoms with Gasteiger partial charge in [-0.3, -0.25) is 9.59 Å². The zero-order valence-electron chi connectivity index (χ0n) is 9.22. The highest BCUT2D eigenvalue weighted by molar-refractivity contribution is 5.67. The largest absolute Gasteiger partial charge is 0.508 e. The van der Waals surface area contributed by atoms with Crippen LogP contribution in [0.1, 0.15) is 24.0 Å². The normalized spacial score (nSPS) is 10.1. The summed E-state index contributed by atoms with van der Waals surface area (Å²) in [6.45, 7) is 0. The number of aliphatic carboxylic acids is 2. The molecule has 0 aliphatic carbocycles. The zero-order valence-corrected chi connectivity index (χ0v) is 9.22. The molecular weight excluding hydrogens is 224 g/mol. The lowest BCUT2D eigenvalue weighted by molar-refractivity contribution is -0.137. The molecule has 0 aliphatic heterocycles. The SMILES string of the molecule is O=C(O)CCc1ccc(O)c(CCC(=O)O)c1. The minimum Gasteiger partial charge on any atom is -0.508 e. The average Bonchev–Trinajstić information content (AvgIpc) is 2.26. The number of hydrogen-bond donors (Lipinski definition) is 3. The van der Waals surface area contributed by atoms with Crippen LogP contribution in [-0.2, 0) is 22.4 Å². The van der Waals surface area contributed by atoms with Crippen LogP contribution >= 0.6 is 0 Å². The highest BCUT2D eigenvalue weighted by atomic mass is 16.4. The van der Waals surface area contributed by atoms with Crippen molar-refractivity contribution < 1.29 is 24.9 Å². The molecular formula is C12H14O5. The van der Waals surface area contributed by atoms with E-state index in [0.717, 1.165) is 5.56 Å². The number of carbonyl (C=O) groups is 2. The van der Waals surface area contributed by atoms with E-state index in [0.29, 0.717) is 12.0 Å². The highest BCUT2D eigenvalue weighted by Gasteiger charge is 2.06. The molecule has 0 spiro atoms. The molecule has 1 rings (SSSR count). The Morgan fingerprint density at radius 2 is 1.59 bits per heavy atom. The smallest absolute Gasteiger partial charge is 0.303 e. The van der Waals surface area contributed by atoms with E-state index >= 15 is 0 Å². The van der Waals surface area contributed by atoms with Gasteiger partial charge in [-0.2, -0.15) is 0 Å². The van der Waals surface area contributed by atoms with Gasteiger partial charge in [0.15, 0.2) is 0 Å². The molecule has 0 aliphatic rings. The van der Waals surface area contributed by atoms with Crippen LogP contribution in [0, 0.1) is 0 Å². The van der Waals surface area contributed by atoms with Crippen LogP contribution in [-0.4, -0.2) is 27.3 Å². The van der Waals surface area contributed by atoms with Gasteiger partial charge in [-0.05, 0) is 30.0 Å². The Balaban J connectivity index is 2.71. The van der Waals surface area contributed by atoms with E-state index in [2.05, 4.69) is 0 Å². The Labute approximate surface area is 98.3 Å². The van der Waals surface area contributed by atoms with Gasteiger partial charge in [-0.25, -0.2) is 0 Å². The van der Waals surface area contributed by atoms with Crippen LogP contribution in [0.25, 0.3) is 0 Å². The van der Waals surface area contributed by atoms with Crippen molar-refractivity contribution in [3.63, 3.8) is 0 Å². The van der Waals surface area contributed by atoms with Crippen LogP contribution in [0.2, 0.25) is 0 Å². The molecule has 0 bridgehead atoms. The molecule has 92 valence electrons. The lowest BCUT2D eigenvalue weighted by Gasteiger charge is -2.06. The second-order valence-electron chi connectivity index (χ2n) is 3.75. The van der Waals surface area contributed by atoms with Crippen LogP contribution in [0.15, 0.2) is 18.2 Å². The van der Waals surface area contributed by atoms with Gasteiger partial charge in [0.1, 0.15) is 5.75 Å². The summed E-state index contributed by atoms with van der Waals surface area (Å²) >= 11 is 0. The first-order chi connectivity index (χ1) is 7.99. The topological polar surface area (TPSA) is 94.8 Å². The van der Waals surface area contributed by atoms with Gasteiger partial charge < -0.3 is 15.3 Å². The Bertz CT molecular complexity index is 425. The second-order valence-corrected chi connectivity index (χ2v) is 3.75. The van der Waals surface area contributed by atoms with Crippen LogP contribution in [0.4, 0.5) is 0 Å². The Kier molecular flexibility index (Phi) is 4.51. The van der Waals surface area contributed by atoms with Crippen molar-refractivity contribution in [1.82, 2.24) is 0 Å². The zero-order chi connectivity index (χ0) is 12.8. The molecule has 0 unspecified atom stereocenters. The molecule has 0 saturated carbocycles. The third-order valence-electron chi connectivity index (χ3n) is 2.38. The molecule has 0 atom stereocenters. The summed E-state index contributed by atoms with van der Waals surface area (Å²) in [5, 5.41) is 26.6. The number of carboxylic acids is 2. The second kappa shape index (κ2) is 5.89. The molecule has 0 saturated heterocycles. The fraction of sp³-hybridized carbons (Fsp3) is 0.333. The monoisotopic (exact) mass is 238 g/mol. The van der Waals surface area contributed by atoms with Crippen molar-refractivity contribution in [3.8, 4) is 5.75 Å². The maximum atomic E-state index is 10.4. The first-order valence-corrected chi connectivity index (χ1v) is 5.23. The summed E-state index contributed by atoms with van der Waals surface area (Å²) in [6.07, 6.45) is 0.566. The summed E-state index contributed by atoms with van der Waals surface area (Å²) in [5.74, 6) is -1.77. The van der Waals surface area contributed by atoms with E-state index in [1.165, 1.54) is 6.07 Å². The van der Waals surface area contributed by atoms with Gasteiger partial charge in [0, 0.05) is 12.8 Å². The molecule has 0 fully saturated rings. The average molecular weight is 238 g/mol. The molecule has 0 radical (unpaired) electrons. The summed E-state index contributed by atoms with van der Waals surface area (Å²) in [7, 11) is 0. The predicted octanol–water partition coefficient (Wildman–Crippen LogP) is 1.43. The van der Waals surface area contributed by atoms with E-state index in [4.69, 9.17) is 10.2 Å². The summed E-state index contributed by atoms with van der Waals surface area (Å²) in [5.41, 5.74) is 1.32. The molecule has 5 nitrogen and oxygen atoms in total. The standard InChI is InChI=1S/C12H14O5/c13-10-4-1-8(2-5-11(14)15)7-9(10)3-6-12(16)17/h1,4,7,13H,2-3,5-6H2,(H,14,15)(H,16,17). The van der Waals surface area contributed by atoms with Gasteiger partial charge in [0.2, 0.25) is 0 Å².